The zero-order valence-electron chi connectivity index (χ0n) is 27.3. The van der Waals surface area contributed by atoms with Crippen LogP contribution in [0.3, 0.4) is 0 Å². The van der Waals surface area contributed by atoms with E-state index in [0.29, 0.717) is 11.1 Å². The third-order valence-corrected chi connectivity index (χ3v) is 13.1. The maximum absolute atomic E-state index is 14.3. The van der Waals surface area contributed by atoms with E-state index in [1.807, 2.05) is 12.4 Å². The van der Waals surface area contributed by atoms with Crippen LogP contribution in [0.1, 0.15) is 150 Å². The molecule has 0 aliphatic carbocycles. The predicted octanol–water partition coefficient (Wildman–Crippen LogP) is 12.9. The molecule has 46 heavy (non-hydrogen) atoms. The van der Waals surface area contributed by atoms with Crippen LogP contribution in [0.15, 0.2) is 43.3 Å². The van der Waals surface area contributed by atoms with Crippen molar-refractivity contribution in [1.29, 1.82) is 0 Å². The van der Waals surface area contributed by atoms with Crippen LogP contribution in [0.2, 0.25) is 0 Å². The van der Waals surface area contributed by atoms with Crippen molar-refractivity contribution in [1.82, 2.24) is 9.80 Å². The minimum Gasteiger partial charge on any atom is -0.281 e. The van der Waals surface area contributed by atoms with Crippen molar-refractivity contribution in [3.05, 3.63) is 64.1 Å². The Bertz CT molecular complexity index is 1490. The quantitative estimate of drug-likeness (QED) is 0.141. The van der Waals surface area contributed by atoms with Gasteiger partial charge in [0.25, 0.3) is 11.8 Å². The van der Waals surface area contributed by atoms with E-state index in [1.54, 1.807) is 32.5 Å². The van der Waals surface area contributed by atoms with Crippen molar-refractivity contribution >= 4 is 88.9 Å². The summed E-state index contributed by atoms with van der Waals surface area (Å²) in [4.78, 5) is 34.2. The van der Waals surface area contributed by atoms with Crippen molar-refractivity contribution in [2.24, 2.45) is 0 Å². The first-order chi connectivity index (χ1) is 22.4. The van der Waals surface area contributed by atoms with Gasteiger partial charge in [-0.2, -0.15) is 0 Å². The largest absolute Gasteiger partial charge is 0.281 e. The molecular formula is C38H46Br2N2O2S2. The Labute approximate surface area is 300 Å². The lowest BCUT2D eigenvalue weighted by atomic mass is 9.96. The summed E-state index contributed by atoms with van der Waals surface area (Å²) in [6.45, 7) is 4.52. The minimum atomic E-state index is -0.0742. The number of nitrogens with zero attached hydrogens (tertiary/aromatic N) is 2. The van der Waals surface area contributed by atoms with Crippen LogP contribution in [0, 0.1) is 0 Å². The first-order valence-corrected chi connectivity index (χ1v) is 20.8. The van der Waals surface area contributed by atoms with Gasteiger partial charge in [-0.15, -0.1) is 22.7 Å². The van der Waals surface area contributed by atoms with Gasteiger partial charge in [0.05, 0.1) is 39.9 Å². The highest BCUT2D eigenvalue weighted by molar-refractivity contribution is 9.11. The van der Waals surface area contributed by atoms with Gasteiger partial charge in [-0.25, -0.2) is 0 Å². The summed E-state index contributed by atoms with van der Waals surface area (Å²) in [5.41, 5.74) is 7.41. The molecule has 8 heteroatoms. The second kappa shape index (κ2) is 15.7. The van der Waals surface area contributed by atoms with Crippen LogP contribution in [0.4, 0.5) is 0 Å². The Morgan fingerprint density at radius 2 is 0.891 bits per heavy atom. The van der Waals surface area contributed by atoms with Crippen LogP contribution in [-0.2, 0) is 9.59 Å². The molecule has 0 unspecified atom stereocenters. The van der Waals surface area contributed by atoms with Crippen molar-refractivity contribution in [3.8, 4) is 0 Å². The molecule has 2 aromatic rings. The number of rotatable bonds is 18. The molecule has 0 radical (unpaired) electrons. The number of halogens is 2. The van der Waals surface area contributed by atoms with E-state index in [9.17, 15) is 9.59 Å². The molecule has 0 atom stereocenters. The van der Waals surface area contributed by atoms with Gasteiger partial charge in [-0.05, 0) is 80.8 Å². The lowest BCUT2D eigenvalue weighted by Gasteiger charge is -2.28. The van der Waals surface area contributed by atoms with Crippen LogP contribution in [0.25, 0.3) is 22.5 Å². The first kappa shape index (κ1) is 34.1. The lowest BCUT2D eigenvalue weighted by molar-refractivity contribution is -0.122. The van der Waals surface area contributed by atoms with Gasteiger partial charge >= 0.3 is 0 Å². The Hall–Kier alpha value is -1.74. The minimum absolute atomic E-state index is 0.0742. The number of carbonyl (C=O) groups excluding carboxylic acids is 2. The fraction of sp³-hybridized carbons (Fsp3) is 0.526. The molecule has 6 rings (SSSR count). The summed E-state index contributed by atoms with van der Waals surface area (Å²) in [6.07, 6.45) is 26.3. The van der Waals surface area contributed by atoms with E-state index < -0.39 is 0 Å². The smallest absolute Gasteiger partial charge is 0.265 e. The highest BCUT2D eigenvalue weighted by Crippen LogP contribution is 2.56. The molecule has 0 saturated carbocycles. The number of unbranched alkanes of at least 4 members (excludes halogenated alkanes) is 14. The summed E-state index contributed by atoms with van der Waals surface area (Å²) in [6, 6.07) is 4.36. The number of carbonyl (C=O) groups is 2. The molecule has 6 heterocycles. The molecule has 0 N–H and O–H groups in total. The van der Waals surface area contributed by atoms with Crippen molar-refractivity contribution < 1.29 is 9.59 Å². The van der Waals surface area contributed by atoms with Gasteiger partial charge < -0.3 is 0 Å². The summed E-state index contributed by atoms with van der Waals surface area (Å²) in [7, 11) is 0. The maximum atomic E-state index is 14.3. The number of hydrogen-bond acceptors (Lipinski definition) is 4. The molecule has 0 spiro atoms. The normalized spacial score (nSPS) is 16.6. The second-order valence-corrected chi connectivity index (χ2v) is 18.0. The molecule has 0 aromatic carbocycles. The first-order valence-electron chi connectivity index (χ1n) is 17.6. The van der Waals surface area contributed by atoms with Crippen molar-refractivity contribution in [3.63, 3.8) is 0 Å². The van der Waals surface area contributed by atoms with Crippen LogP contribution < -0.4 is 0 Å². The number of allylic oxidation sites excluding steroid dienone is 2. The summed E-state index contributed by atoms with van der Waals surface area (Å²) in [5, 5.41) is 0. The van der Waals surface area contributed by atoms with Gasteiger partial charge in [-0.3, -0.25) is 19.4 Å². The average molecular weight is 787 g/mol. The van der Waals surface area contributed by atoms with Crippen LogP contribution in [0.5, 0.6) is 0 Å². The Morgan fingerprint density at radius 3 is 1.26 bits per heavy atom. The standard InChI is InChI=1S/C38H46Br2N2O2S2/c1-3-5-7-9-11-13-15-17-19-25-23-41-33(35-27(25)21-29(39)45-35)31-32(37(41)43)34-36-28(22-30(40)46-36)26(24-42(34)38(31)44)20-18-16-14-12-10-8-6-4-2/h21-24H,3-20H2,1-2H3. The number of amides is 2. The fourth-order valence-electron chi connectivity index (χ4n) is 7.33. The highest BCUT2D eigenvalue weighted by atomic mass is 79.9. The van der Waals surface area contributed by atoms with E-state index in [-0.39, 0.29) is 11.8 Å². The molecule has 4 aliphatic heterocycles. The molecule has 2 amide bonds. The molecule has 246 valence electrons. The molecule has 0 bridgehead atoms. The lowest BCUT2D eigenvalue weighted by Crippen LogP contribution is -2.27. The van der Waals surface area contributed by atoms with E-state index >= 15 is 0 Å². The van der Waals surface area contributed by atoms with E-state index in [1.165, 1.54) is 112 Å². The van der Waals surface area contributed by atoms with Crippen LogP contribution >= 0.6 is 54.5 Å². The monoisotopic (exact) mass is 784 g/mol. The Kier molecular flexibility index (Phi) is 11.6. The van der Waals surface area contributed by atoms with Crippen molar-refractivity contribution in [2.75, 3.05) is 0 Å². The van der Waals surface area contributed by atoms with Gasteiger partial charge in [0.2, 0.25) is 0 Å². The molecule has 4 aliphatic rings. The van der Waals surface area contributed by atoms with E-state index in [2.05, 4.69) is 57.8 Å². The maximum Gasteiger partial charge on any atom is 0.265 e. The Morgan fingerprint density at radius 1 is 0.543 bits per heavy atom. The second-order valence-electron chi connectivity index (χ2n) is 13.1. The Balaban J connectivity index is 1.22. The average Bonchev–Trinajstić information content (AvgIpc) is 3.77. The van der Waals surface area contributed by atoms with Gasteiger partial charge in [0.15, 0.2) is 0 Å². The fourth-order valence-corrected chi connectivity index (χ4v) is 10.7. The van der Waals surface area contributed by atoms with E-state index in [4.69, 9.17) is 0 Å². The molecular weight excluding hydrogens is 740 g/mol. The highest BCUT2D eigenvalue weighted by Gasteiger charge is 2.51. The third-order valence-electron chi connectivity index (χ3n) is 9.77. The van der Waals surface area contributed by atoms with Gasteiger partial charge in [0, 0.05) is 23.5 Å². The third kappa shape index (κ3) is 6.88. The molecule has 2 aromatic heterocycles. The summed E-state index contributed by atoms with van der Waals surface area (Å²) >= 11 is 10.7. The SMILES string of the molecule is CCCCCCCCCCC1=CN2C(=O)C3=C4c5sc(Br)cc5C(CCCCCCCCCC)=CN4C(=O)C3=C2c2sc(Br)cc21. The van der Waals surface area contributed by atoms with Crippen molar-refractivity contribution in [2.45, 2.75) is 129 Å². The predicted molar refractivity (Wildman–Crippen MR) is 202 cm³/mol. The summed E-state index contributed by atoms with van der Waals surface area (Å²) < 4.78 is 2.06. The number of hydrogen-bond donors (Lipinski definition) is 0. The topological polar surface area (TPSA) is 40.6 Å². The van der Waals surface area contributed by atoms with Gasteiger partial charge in [0.1, 0.15) is 0 Å². The van der Waals surface area contributed by atoms with E-state index in [0.717, 1.165) is 54.4 Å². The molecule has 4 nitrogen and oxygen atoms in total. The molecule has 0 saturated heterocycles. The number of thiophene rings is 2. The summed E-state index contributed by atoms with van der Waals surface area (Å²) in [5.74, 6) is -0.148. The number of fused-ring (bicyclic) bond motifs is 7. The zero-order valence-corrected chi connectivity index (χ0v) is 32.1. The molecule has 0 fully saturated rings. The van der Waals surface area contributed by atoms with Gasteiger partial charge in [-0.1, -0.05) is 104 Å². The zero-order chi connectivity index (χ0) is 32.2. The van der Waals surface area contributed by atoms with Crippen LogP contribution in [-0.4, -0.2) is 21.6 Å².